The number of aromatic nitrogens is 2. The standard InChI is InChI=1S/C59H36N2/c1-3-15-37(16-4-1)55-47-23-9-10-24-48(47)56(38-17-5-2-6-18-38)59-50-31-30-45(46-25-14-26-49(57(46)50)58(55)59)52-35-41-29-28-40(34-51(41)43-21-7-8-22-44(43)52)39-19-13-20-42(33-39)53-36-61-32-12-11-27-54(61)60-53/h1-36H. The van der Waals surface area contributed by atoms with Crippen molar-refractivity contribution in [2.24, 2.45) is 0 Å². The van der Waals surface area contributed by atoms with Crippen LogP contribution in [0.2, 0.25) is 0 Å². The topological polar surface area (TPSA) is 17.3 Å². The maximum absolute atomic E-state index is 4.91. The lowest BCUT2D eigenvalue weighted by Crippen LogP contribution is -1.93. The average molecular weight is 773 g/mol. The van der Waals surface area contributed by atoms with Gasteiger partial charge in [-0.1, -0.05) is 176 Å². The molecule has 0 N–H and O–H groups in total. The zero-order valence-corrected chi connectivity index (χ0v) is 33.2. The molecule has 2 heteroatoms. The summed E-state index contributed by atoms with van der Waals surface area (Å²) in [7, 11) is 0. The highest BCUT2D eigenvalue weighted by Crippen LogP contribution is 2.58. The lowest BCUT2D eigenvalue weighted by Gasteiger charge is -2.20. The van der Waals surface area contributed by atoms with E-state index in [1.165, 1.54) is 110 Å². The van der Waals surface area contributed by atoms with Gasteiger partial charge in [0.05, 0.1) is 5.69 Å². The third kappa shape index (κ3) is 5.13. The number of imidazole rings is 1. The molecular formula is C59H36N2. The number of fused-ring (bicyclic) bond motifs is 8. The van der Waals surface area contributed by atoms with Crippen molar-refractivity contribution >= 4 is 48.7 Å². The molecule has 0 saturated carbocycles. The molecule has 1 aliphatic rings. The molecule has 1 aliphatic carbocycles. The lowest BCUT2D eigenvalue weighted by atomic mass is 9.82. The van der Waals surface area contributed by atoms with Gasteiger partial charge in [-0.05, 0) is 140 Å². The van der Waals surface area contributed by atoms with Crippen LogP contribution in [-0.2, 0) is 0 Å². The number of nitrogens with zero attached hydrogens (tertiary/aromatic N) is 2. The molecule has 13 rings (SSSR count). The molecule has 0 fully saturated rings. The van der Waals surface area contributed by atoms with E-state index in [9.17, 15) is 0 Å². The van der Waals surface area contributed by atoms with Crippen LogP contribution in [0.3, 0.4) is 0 Å². The number of benzene rings is 10. The Morgan fingerprint density at radius 2 is 0.885 bits per heavy atom. The quantitative estimate of drug-likeness (QED) is 0.159. The highest BCUT2D eigenvalue weighted by molar-refractivity contribution is 6.29. The lowest BCUT2D eigenvalue weighted by molar-refractivity contribution is 1.19. The van der Waals surface area contributed by atoms with E-state index in [2.05, 4.69) is 199 Å². The molecule has 0 spiro atoms. The van der Waals surface area contributed by atoms with Crippen molar-refractivity contribution in [3.05, 3.63) is 219 Å². The summed E-state index contributed by atoms with van der Waals surface area (Å²) < 4.78 is 2.08. The molecule has 0 saturated heterocycles. The monoisotopic (exact) mass is 772 g/mol. The van der Waals surface area contributed by atoms with Gasteiger partial charge in [0.2, 0.25) is 0 Å². The molecule has 12 aromatic rings. The van der Waals surface area contributed by atoms with Crippen molar-refractivity contribution in [1.82, 2.24) is 9.38 Å². The fourth-order valence-corrected chi connectivity index (χ4v) is 10.3. The second kappa shape index (κ2) is 13.2. The van der Waals surface area contributed by atoms with Gasteiger partial charge in [-0.25, -0.2) is 4.98 Å². The van der Waals surface area contributed by atoms with Crippen molar-refractivity contribution in [2.75, 3.05) is 0 Å². The van der Waals surface area contributed by atoms with Crippen molar-refractivity contribution < 1.29 is 0 Å². The maximum atomic E-state index is 4.91. The zero-order valence-electron chi connectivity index (χ0n) is 33.2. The van der Waals surface area contributed by atoms with Crippen molar-refractivity contribution in [3.8, 4) is 78.0 Å². The van der Waals surface area contributed by atoms with Gasteiger partial charge in [-0.3, -0.25) is 0 Å². The van der Waals surface area contributed by atoms with Crippen LogP contribution < -0.4 is 0 Å². The smallest absolute Gasteiger partial charge is 0.137 e. The van der Waals surface area contributed by atoms with Gasteiger partial charge in [0.15, 0.2) is 0 Å². The second-order valence-corrected chi connectivity index (χ2v) is 16.2. The minimum Gasteiger partial charge on any atom is -0.306 e. The van der Waals surface area contributed by atoms with Crippen LogP contribution in [0.25, 0.3) is 127 Å². The molecule has 0 bridgehead atoms. The Morgan fingerprint density at radius 3 is 1.62 bits per heavy atom. The molecule has 0 amide bonds. The average Bonchev–Trinajstić information content (AvgIpc) is 3.92. The summed E-state index contributed by atoms with van der Waals surface area (Å²) in [5.74, 6) is 0. The first-order chi connectivity index (χ1) is 30.3. The van der Waals surface area contributed by atoms with E-state index in [1.807, 2.05) is 24.4 Å². The SMILES string of the molecule is c1ccc(-c2c3c(c(-c4ccccc4)c4ccccc24)-c2ccc(-c4cc5ccc(-c6cccc(-c7cn8ccccc8n7)c6)cc5c5ccccc45)c4cccc-3c24)cc1. The molecule has 0 aliphatic heterocycles. The van der Waals surface area contributed by atoms with Crippen LogP contribution in [0.15, 0.2) is 219 Å². The fourth-order valence-electron chi connectivity index (χ4n) is 10.3. The Hall–Kier alpha value is -8.07. The molecule has 2 heterocycles. The predicted octanol–water partition coefficient (Wildman–Crippen LogP) is 15.9. The van der Waals surface area contributed by atoms with Crippen LogP contribution in [0, 0.1) is 0 Å². The summed E-state index contributed by atoms with van der Waals surface area (Å²) in [6.45, 7) is 0. The summed E-state index contributed by atoms with van der Waals surface area (Å²) >= 11 is 0. The van der Waals surface area contributed by atoms with E-state index in [-0.39, 0.29) is 0 Å². The number of pyridine rings is 1. The molecular weight excluding hydrogens is 737 g/mol. The Kier molecular flexibility index (Phi) is 7.34. The van der Waals surface area contributed by atoms with Gasteiger partial charge in [-0.2, -0.15) is 0 Å². The first-order valence-corrected chi connectivity index (χ1v) is 21.0. The predicted molar refractivity (Wildman–Crippen MR) is 257 cm³/mol. The van der Waals surface area contributed by atoms with E-state index >= 15 is 0 Å². The van der Waals surface area contributed by atoms with Crippen molar-refractivity contribution in [2.45, 2.75) is 0 Å². The number of hydrogen-bond donors (Lipinski definition) is 0. The summed E-state index contributed by atoms with van der Waals surface area (Å²) in [4.78, 5) is 4.91. The van der Waals surface area contributed by atoms with Gasteiger partial charge in [-0.15, -0.1) is 0 Å². The Labute approximate surface area is 353 Å². The third-order valence-electron chi connectivity index (χ3n) is 12.9. The Bertz CT molecular complexity index is 3620. The Balaban J connectivity index is 1.02. The van der Waals surface area contributed by atoms with E-state index in [4.69, 9.17) is 4.98 Å². The summed E-state index contributed by atoms with van der Waals surface area (Å²) in [6, 6.07) is 75.9. The first kappa shape index (κ1) is 33.9. The maximum Gasteiger partial charge on any atom is 0.137 e. The van der Waals surface area contributed by atoms with Gasteiger partial charge in [0.1, 0.15) is 5.65 Å². The molecule has 61 heavy (non-hydrogen) atoms. The largest absolute Gasteiger partial charge is 0.306 e. The van der Waals surface area contributed by atoms with E-state index in [0.29, 0.717) is 0 Å². The van der Waals surface area contributed by atoms with Gasteiger partial charge in [0, 0.05) is 18.0 Å². The van der Waals surface area contributed by atoms with E-state index < -0.39 is 0 Å². The van der Waals surface area contributed by atoms with Crippen LogP contribution >= 0.6 is 0 Å². The molecule has 0 unspecified atom stereocenters. The summed E-state index contributed by atoms with van der Waals surface area (Å²) in [5.41, 5.74) is 18.2. The van der Waals surface area contributed by atoms with Gasteiger partial charge >= 0.3 is 0 Å². The second-order valence-electron chi connectivity index (χ2n) is 16.2. The van der Waals surface area contributed by atoms with Crippen molar-refractivity contribution in [1.29, 1.82) is 0 Å². The van der Waals surface area contributed by atoms with Gasteiger partial charge in [0.25, 0.3) is 0 Å². The molecule has 0 atom stereocenters. The highest BCUT2D eigenvalue weighted by atomic mass is 15.0. The Morgan fingerprint density at radius 1 is 0.311 bits per heavy atom. The van der Waals surface area contributed by atoms with E-state index in [0.717, 1.165) is 16.9 Å². The van der Waals surface area contributed by atoms with Crippen molar-refractivity contribution in [3.63, 3.8) is 0 Å². The number of rotatable bonds is 5. The summed E-state index contributed by atoms with van der Waals surface area (Å²) in [6.07, 6.45) is 4.15. The fraction of sp³-hybridized carbons (Fsp3) is 0. The molecule has 2 nitrogen and oxygen atoms in total. The van der Waals surface area contributed by atoms with Crippen LogP contribution in [0.4, 0.5) is 0 Å². The number of hydrogen-bond acceptors (Lipinski definition) is 1. The summed E-state index contributed by atoms with van der Waals surface area (Å²) in [5, 5.41) is 10.1. The molecule has 282 valence electrons. The first-order valence-electron chi connectivity index (χ1n) is 21.0. The normalized spacial score (nSPS) is 11.9. The van der Waals surface area contributed by atoms with Gasteiger partial charge < -0.3 is 4.40 Å². The zero-order chi connectivity index (χ0) is 40.0. The minimum absolute atomic E-state index is 0.947. The molecule has 10 aromatic carbocycles. The van der Waals surface area contributed by atoms with Crippen LogP contribution in [0.5, 0.6) is 0 Å². The molecule has 0 radical (unpaired) electrons. The highest BCUT2D eigenvalue weighted by Gasteiger charge is 2.31. The minimum atomic E-state index is 0.947. The van der Waals surface area contributed by atoms with Crippen LogP contribution in [0.1, 0.15) is 0 Å². The molecule has 2 aromatic heterocycles. The third-order valence-corrected chi connectivity index (χ3v) is 12.9. The van der Waals surface area contributed by atoms with E-state index in [1.54, 1.807) is 0 Å². The van der Waals surface area contributed by atoms with Crippen LogP contribution in [-0.4, -0.2) is 9.38 Å².